The lowest BCUT2D eigenvalue weighted by Crippen LogP contribution is -2.40. The van der Waals surface area contributed by atoms with Gasteiger partial charge >= 0.3 is 0 Å². The zero-order chi connectivity index (χ0) is 24.9. The van der Waals surface area contributed by atoms with E-state index in [1.54, 1.807) is 57.3 Å². The van der Waals surface area contributed by atoms with Crippen molar-refractivity contribution in [3.05, 3.63) is 59.8 Å². The molecule has 0 aliphatic heterocycles. The number of carbonyl (C=O) groups excluding carboxylic acids is 1. The molecule has 0 amide bonds. The molecule has 3 aromatic rings. The van der Waals surface area contributed by atoms with Gasteiger partial charge < -0.3 is 4.57 Å². The number of rotatable bonds is 8. The monoisotopic (exact) mass is 503 g/mol. The molecule has 182 valence electrons. The average molecular weight is 504 g/mol. The SMILES string of the molecule is CC(C)(C)NS(=O)(=O)c1cccc(C(=O)c2cn(CC3CC3)c3cc(NS(C)(=O)=O)ccc23)c1. The van der Waals surface area contributed by atoms with Crippen LogP contribution in [-0.2, 0) is 26.6 Å². The van der Waals surface area contributed by atoms with Crippen molar-refractivity contribution in [3.8, 4) is 0 Å². The van der Waals surface area contributed by atoms with E-state index >= 15 is 0 Å². The van der Waals surface area contributed by atoms with Crippen LogP contribution in [0.25, 0.3) is 10.9 Å². The zero-order valence-electron chi connectivity index (χ0n) is 19.6. The van der Waals surface area contributed by atoms with Crippen molar-refractivity contribution < 1.29 is 21.6 Å². The molecule has 0 spiro atoms. The lowest BCUT2D eigenvalue weighted by Gasteiger charge is -2.20. The normalized spacial score (nSPS) is 14.9. The number of carbonyl (C=O) groups is 1. The summed E-state index contributed by atoms with van der Waals surface area (Å²) in [5.74, 6) is 0.234. The van der Waals surface area contributed by atoms with Crippen molar-refractivity contribution in [2.24, 2.45) is 5.92 Å². The minimum Gasteiger partial charge on any atom is -0.346 e. The molecule has 1 heterocycles. The molecule has 0 atom stereocenters. The highest BCUT2D eigenvalue weighted by molar-refractivity contribution is 7.92. The Balaban J connectivity index is 1.75. The Kier molecular flexibility index (Phi) is 6.12. The van der Waals surface area contributed by atoms with E-state index in [4.69, 9.17) is 0 Å². The molecular weight excluding hydrogens is 474 g/mol. The Hall–Kier alpha value is -2.69. The quantitative estimate of drug-likeness (QED) is 0.455. The van der Waals surface area contributed by atoms with Crippen LogP contribution >= 0.6 is 0 Å². The number of nitrogens with one attached hydrogen (secondary N) is 2. The van der Waals surface area contributed by atoms with Crippen molar-refractivity contribution in [3.63, 3.8) is 0 Å². The molecule has 0 unspecified atom stereocenters. The Bertz CT molecular complexity index is 1480. The van der Waals surface area contributed by atoms with Gasteiger partial charge in [-0.15, -0.1) is 0 Å². The largest absolute Gasteiger partial charge is 0.346 e. The molecule has 1 aromatic heterocycles. The molecule has 0 bridgehead atoms. The lowest BCUT2D eigenvalue weighted by molar-refractivity contribution is 0.104. The van der Waals surface area contributed by atoms with Gasteiger partial charge in [0.2, 0.25) is 20.0 Å². The molecule has 2 N–H and O–H groups in total. The Morgan fingerprint density at radius 2 is 1.76 bits per heavy atom. The van der Waals surface area contributed by atoms with Gasteiger partial charge in [-0.05, 0) is 69.9 Å². The highest BCUT2D eigenvalue weighted by atomic mass is 32.2. The highest BCUT2D eigenvalue weighted by Crippen LogP contribution is 2.34. The van der Waals surface area contributed by atoms with E-state index in [2.05, 4.69) is 9.44 Å². The van der Waals surface area contributed by atoms with Crippen molar-refractivity contribution in [2.45, 2.75) is 50.6 Å². The molecule has 0 radical (unpaired) electrons. The molecule has 1 aliphatic rings. The zero-order valence-corrected chi connectivity index (χ0v) is 21.3. The molecule has 1 saturated carbocycles. The van der Waals surface area contributed by atoms with Gasteiger partial charge in [0.15, 0.2) is 5.78 Å². The van der Waals surface area contributed by atoms with Gasteiger partial charge in [0.05, 0.1) is 22.4 Å². The van der Waals surface area contributed by atoms with Gasteiger partial charge in [-0.2, -0.15) is 0 Å². The standard InChI is InChI=1S/C24H29N3O5S2/c1-24(2,3)26-34(31,32)19-7-5-6-17(12-19)23(28)21-15-27(14-16-8-9-16)22-13-18(10-11-20(21)22)25-33(4,29)30/h5-7,10-13,15-16,25-26H,8-9,14H2,1-4H3. The van der Waals surface area contributed by atoms with Crippen LogP contribution in [0.4, 0.5) is 5.69 Å². The number of hydrogen-bond donors (Lipinski definition) is 2. The van der Waals surface area contributed by atoms with Crippen LogP contribution in [0.3, 0.4) is 0 Å². The summed E-state index contributed by atoms with van der Waals surface area (Å²) in [6.07, 6.45) is 5.10. The summed E-state index contributed by atoms with van der Waals surface area (Å²) < 4.78 is 56.0. The van der Waals surface area contributed by atoms with Crippen LogP contribution < -0.4 is 9.44 Å². The van der Waals surface area contributed by atoms with Gasteiger partial charge in [0.25, 0.3) is 0 Å². The van der Waals surface area contributed by atoms with Crippen LogP contribution in [0.2, 0.25) is 0 Å². The predicted octanol–water partition coefficient (Wildman–Crippen LogP) is 3.73. The molecule has 1 aliphatic carbocycles. The molecule has 2 aromatic carbocycles. The Morgan fingerprint density at radius 3 is 2.38 bits per heavy atom. The fraction of sp³-hybridized carbons (Fsp3) is 0.375. The van der Waals surface area contributed by atoms with E-state index < -0.39 is 25.6 Å². The molecular formula is C24H29N3O5S2. The van der Waals surface area contributed by atoms with E-state index in [9.17, 15) is 21.6 Å². The first-order valence-electron chi connectivity index (χ1n) is 11.0. The summed E-state index contributed by atoms with van der Waals surface area (Å²) in [7, 11) is -7.24. The van der Waals surface area contributed by atoms with Gasteiger partial charge in [-0.25, -0.2) is 21.6 Å². The molecule has 4 rings (SSSR count). The molecule has 0 saturated heterocycles. The van der Waals surface area contributed by atoms with Crippen LogP contribution in [0, 0.1) is 5.92 Å². The number of hydrogen-bond acceptors (Lipinski definition) is 5. The number of nitrogens with zero attached hydrogens (tertiary/aromatic N) is 1. The predicted molar refractivity (Wildman–Crippen MR) is 133 cm³/mol. The Morgan fingerprint density at radius 1 is 1.06 bits per heavy atom. The Labute approximate surface area is 200 Å². The molecule has 8 nitrogen and oxygen atoms in total. The fourth-order valence-electron chi connectivity index (χ4n) is 3.90. The van der Waals surface area contributed by atoms with Crippen molar-refractivity contribution in [1.82, 2.24) is 9.29 Å². The molecule has 1 fully saturated rings. The summed E-state index contributed by atoms with van der Waals surface area (Å²) in [6, 6.07) is 11.1. The minimum absolute atomic E-state index is 0.0228. The maximum atomic E-state index is 13.5. The third kappa shape index (κ3) is 5.68. The van der Waals surface area contributed by atoms with Crippen LogP contribution in [0.5, 0.6) is 0 Å². The summed E-state index contributed by atoms with van der Waals surface area (Å²) in [4.78, 5) is 13.5. The number of benzene rings is 2. The van der Waals surface area contributed by atoms with Crippen molar-refractivity contribution in [1.29, 1.82) is 0 Å². The van der Waals surface area contributed by atoms with E-state index in [0.717, 1.165) is 31.2 Å². The first-order valence-corrected chi connectivity index (χ1v) is 14.4. The van der Waals surface area contributed by atoms with Crippen molar-refractivity contribution >= 4 is 42.4 Å². The van der Waals surface area contributed by atoms with E-state index in [1.807, 2.05) is 4.57 Å². The number of fused-ring (bicyclic) bond motifs is 1. The third-order valence-electron chi connectivity index (χ3n) is 5.43. The van der Waals surface area contributed by atoms with Gasteiger partial charge in [-0.3, -0.25) is 9.52 Å². The van der Waals surface area contributed by atoms with Gasteiger partial charge in [0, 0.05) is 34.8 Å². The summed E-state index contributed by atoms with van der Waals surface area (Å²) >= 11 is 0. The highest BCUT2D eigenvalue weighted by Gasteiger charge is 2.26. The number of aromatic nitrogens is 1. The van der Waals surface area contributed by atoms with Crippen LogP contribution in [0.1, 0.15) is 49.5 Å². The van der Waals surface area contributed by atoms with E-state index in [-0.39, 0.29) is 16.2 Å². The average Bonchev–Trinajstić information content (AvgIpc) is 3.45. The fourth-order valence-corrected chi connectivity index (χ4v) is 5.92. The first kappa shape index (κ1) is 24.4. The van der Waals surface area contributed by atoms with Crippen LogP contribution in [-0.4, -0.2) is 39.0 Å². The lowest BCUT2D eigenvalue weighted by atomic mass is 10.0. The second-order valence-corrected chi connectivity index (χ2v) is 13.4. The smallest absolute Gasteiger partial charge is 0.241 e. The maximum Gasteiger partial charge on any atom is 0.241 e. The number of ketones is 1. The van der Waals surface area contributed by atoms with E-state index in [1.165, 1.54) is 12.1 Å². The topological polar surface area (TPSA) is 114 Å². The first-order chi connectivity index (χ1) is 15.7. The van der Waals surface area contributed by atoms with Gasteiger partial charge in [0.1, 0.15) is 0 Å². The van der Waals surface area contributed by atoms with E-state index in [0.29, 0.717) is 22.6 Å². The maximum absolute atomic E-state index is 13.5. The summed E-state index contributed by atoms with van der Waals surface area (Å²) in [5.41, 5.74) is 1.22. The number of anilines is 1. The minimum atomic E-state index is -3.80. The second kappa shape index (κ2) is 8.51. The molecule has 10 heteroatoms. The van der Waals surface area contributed by atoms with Gasteiger partial charge in [-0.1, -0.05) is 12.1 Å². The number of sulfonamides is 2. The second-order valence-electron chi connectivity index (χ2n) is 9.96. The molecule has 34 heavy (non-hydrogen) atoms. The summed E-state index contributed by atoms with van der Waals surface area (Å²) in [6.45, 7) is 5.99. The van der Waals surface area contributed by atoms with Crippen molar-refractivity contribution in [2.75, 3.05) is 11.0 Å². The summed E-state index contributed by atoms with van der Waals surface area (Å²) in [5, 5.41) is 0.686. The van der Waals surface area contributed by atoms with Crippen LogP contribution in [0.15, 0.2) is 53.6 Å². The third-order valence-corrected chi connectivity index (χ3v) is 7.79.